The van der Waals surface area contributed by atoms with Crippen LogP contribution < -0.4 is 5.32 Å². The highest BCUT2D eigenvalue weighted by atomic mass is 19.4. The van der Waals surface area contributed by atoms with Crippen LogP contribution in [-0.2, 0) is 29.0 Å². The Balaban J connectivity index is 0.000000364. The monoisotopic (exact) mass is 493 g/mol. The van der Waals surface area contributed by atoms with Gasteiger partial charge in [0, 0.05) is 31.6 Å². The molecule has 2 fully saturated rings. The van der Waals surface area contributed by atoms with Gasteiger partial charge in [-0.05, 0) is 62.9 Å². The number of rotatable bonds is 4. The fourth-order valence-electron chi connectivity index (χ4n) is 5.12. The summed E-state index contributed by atoms with van der Waals surface area (Å²) in [6.07, 6.45) is 3.59. The smallest absolute Gasteiger partial charge is 0.475 e. The van der Waals surface area contributed by atoms with E-state index < -0.39 is 12.1 Å². The van der Waals surface area contributed by atoms with Gasteiger partial charge >= 0.3 is 12.1 Å². The molecule has 8 nitrogen and oxygen atoms in total. The second kappa shape index (κ2) is 10.3. The number of carbonyl (C=O) groups is 2. The zero-order valence-corrected chi connectivity index (χ0v) is 19.5. The van der Waals surface area contributed by atoms with Crippen LogP contribution in [0.3, 0.4) is 0 Å². The number of alkyl halides is 3. The molecule has 1 aromatic heterocycles. The van der Waals surface area contributed by atoms with Crippen LogP contribution >= 0.6 is 0 Å². The first-order valence-corrected chi connectivity index (χ1v) is 12.0. The van der Waals surface area contributed by atoms with Crippen molar-refractivity contribution in [2.75, 3.05) is 25.0 Å². The molecule has 0 radical (unpaired) electrons. The average Bonchev–Trinajstić information content (AvgIpc) is 3.23. The van der Waals surface area contributed by atoms with Gasteiger partial charge in [-0.2, -0.15) is 13.2 Å². The van der Waals surface area contributed by atoms with Gasteiger partial charge in [-0.3, -0.25) is 4.79 Å². The zero-order chi connectivity index (χ0) is 25.1. The SMILES string of the molecule is O=C(Nc1ccc(Cc2nnc3n2CCCCC3)cc1)C12CCCN(CC1)C2.O=C(O)C(F)(F)F. The number of carboxylic acid groups (broad SMARTS) is 1. The summed E-state index contributed by atoms with van der Waals surface area (Å²) >= 11 is 0. The molecule has 0 spiro atoms. The predicted octanol–water partition coefficient (Wildman–Crippen LogP) is 3.65. The molecule has 2 bridgehead atoms. The summed E-state index contributed by atoms with van der Waals surface area (Å²) < 4.78 is 34.0. The largest absolute Gasteiger partial charge is 0.490 e. The van der Waals surface area contributed by atoms with E-state index in [4.69, 9.17) is 9.90 Å². The number of benzene rings is 1. The second-order valence-electron chi connectivity index (χ2n) is 9.54. The van der Waals surface area contributed by atoms with Crippen molar-refractivity contribution in [1.29, 1.82) is 0 Å². The number of halogens is 3. The molecule has 11 heteroatoms. The summed E-state index contributed by atoms with van der Waals surface area (Å²) in [5.74, 6) is -0.368. The van der Waals surface area contributed by atoms with E-state index in [1.807, 2.05) is 12.1 Å². The van der Waals surface area contributed by atoms with Crippen LogP contribution in [0.25, 0.3) is 0 Å². The number of aliphatic carboxylic acids is 1. The Morgan fingerprint density at radius 1 is 1.00 bits per heavy atom. The molecule has 1 amide bonds. The van der Waals surface area contributed by atoms with Crippen molar-refractivity contribution in [2.45, 2.75) is 64.1 Å². The Morgan fingerprint density at radius 3 is 2.46 bits per heavy atom. The number of nitrogens with zero attached hydrogens (tertiary/aromatic N) is 4. The van der Waals surface area contributed by atoms with Crippen LogP contribution in [0.5, 0.6) is 0 Å². The van der Waals surface area contributed by atoms with Gasteiger partial charge in [0.25, 0.3) is 0 Å². The molecule has 2 unspecified atom stereocenters. The first kappa shape index (κ1) is 25.2. The number of carboxylic acids is 1. The fraction of sp³-hybridized carbons (Fsp3) is 0.583. The highest BCUT2D eigenvalue weighted by Crippen LogP contribution is 2.40. The maximum atomic E-state index is 12.9. The highest BCUT2D eigenvalue weighted by Gasteiger charge is 2.46. The summed E-state index contributed by atoms with van der Waals surface area (Å²) in [5, 5.41) is 19.1. The number of hydrogen-bond donors (Lipinski definition) is 2. The van der Waals surface area contributed by atoms with Gasteiger partial charge in [0.2, 0.25) is 5.91 Å². The zero-order valence-electron chi connectivity index (χ0n) is 19.5. The fourth-order valence-corrected chi connectivity index (χ4v) is 5.12. The molecule has 5 rings (SSSR count). The van der Waals surface area contributed by atoms with Gasteiger partial charge in [-0.25, -0.2) is 4.79 Å². The predicted molar refractivity (Wildman–Crippen MR) is 122 cm³/mol. The number of aromatic nitrogens is 3. The van der Waals surface area contributed by atoms with E-state index >= 15 is 0 Å². The van der Waals surface area contributed by atoms with Crippen LogP contribution in [0.4, 0.5) is 18.9 Å². The number of carbonyl (C=O) groups excluding carboxylic acids is 1. The molecule has 2 N–H and O–H groups in total. The lowest BCUT2D eigenvalue weighted by atomic mass is 9.80. The van der Waals surface area contributed by atoms with Gasteiger partial charge in [-0.15, -0.1) is 10.2 Å². The number of hydrogen-bond acceptors (Lipinski definition) is 5. The van der Waals surface area contributed by atoms with Crippen molar-refractivity contribution in [3.63, 3.8) is 0 Å². The first-order chi connectivity index (χ1) is 16.7. The quantitative estimate of drug-likeness (QED) is 0.675. The Bertz CT molecular complexity index is 1050. The molecule has 3 aliphatic heterocycles. The summed E-state index contributed by atoms with van der Waals surface area (Å²) in [6.45, 7) is 4.17. The van der Waals surface area contributed by atoms with Crippen molar-refractivity contribution >= 4 is 17.6 Å². The van der Waals surface area contributed by atoms with E-state index in [-0.39, 0.29) is 11.3 Å². The first-order valence-electron chi connectivity index (χ1n) is 12.0. The standard InChI is InChI=1S/C22H29N5O.C2HF3O2/c28-21(22-10-4-12-26(16-22)14-11-22)23-18-8-6-17(7-9-18)15-20-25-24-19-5-2-1-3-13-27(19)20;3-2(4,5)1(6)7/h6-9H,1-5,10-16H2,(H,23,28);(H,6,7). The van der Waals surface area contributed by atoms with Gasteiger partial charge in [0.05, 0.1) is 5.41 Å². The summed E-state index contributed by atoms with van der Waals surface area (Å²) in [7, 11) is 0. The van der Waals surface area contributed by atoms with E-state index in [0.29, 0.717) is 0 Å². The number of fused-ring (bicyclic) bond motifs is 3. The van der Waals surface area contributed by atoms with Crippen molar-refractivity contribution < 1.29 is 27.9 Å². The van der Waals surface area contributed by atoms with Crippen LogP contribution in [0.2, 0.25) is 0 Å². The van der Waals surface area contributed by atoms with Crippen LogP contribution in [0.1, 0.15) is 55.7 Å². The molecule has 2 saturated heterocycles. The lowest BCUT2D eigenvalue weighted by Gasteiger charge is -2.32. The minimum absolute atomic E-state index is 0.171. The Morgan fingerprint density at radius 2 is 1.74 bits per heavy atom. The van der Waals surface area contributed by atoms with E-state index in [1.54, 1.807) is 0 Å². The molecule has 2 aromatic rings. The summed E-state index contributed by atoms with van der Waals surface area (Å²) in [4.78, 5) is 24.2. The molecular weight excluding hydrogens is 463 g/mol. The Hall–Kier alpha value is -2.95. The number of anilines is 1. The average molecular weight is 494 g/mol. The van der Waals surface area contributed by atoms with Gasteiger partial charge < -0.3 is 19.9 Å². The van der Waals surface area contributed by atoms with Gasteiger partial charge in [-0.1, -0.05) is 18.6 Å². The molecule has 3 aliphatic rings. The Kier molecular flexibility index (Phi) is 7.44. The second-order valence-corrected chi connectivity index (χ2v) is 9.54. The van der Waals surface area contributed by atoms with Gasteiger partial charge in [0.1, 0.15) is 11.6 Å². The molecule has 190 valence electrons. The number of nitrogens with one attached hydrogen (secondary N) is 1. The number of amides is 1. The molecule has 1 aromatic carbocycles. The van der Waals surface area contributed by atoms with Gasteiger partial charge in [0.15, 0.2) is 0 Å². The van der Waals surface area contributed by atoms with Crippen molar-refractivity contribution in [2.24, 2.45) is 5.41 Å². The number of aryl methyl sites for hydroxylation is 1. The summed E-state index contributed by atoms with van der Waals surface area (Å²) in [5.41, 5.74) is 1.93. The maximum absolute atomic E-state index is 12.9. The van der Waals surface area contributed by atoms with Crippen molar-refractivity contribution in [3.8, 4) is 0 Å². The molecule has 0 aliphatic carbocycles. The van der Waals surface area contributed by atoms with E-state index in [1.165, 1.54) is 24.8 Å². The molecule has 35 heavy (non-hydrogen) atoms. The van der Waals surface area contributed by atoms with Crippen LogP contribution in [0, 0.1) is 5.41 Å². The van der Waals surface area contributed by atoms with E-state index in [0.717, 1.165) is 75.6 Å². The van der Waals surface area contributed by atoms with Crippen LogP contribution in [0.15, 0.2) is 24.3 Å². The molecule has 2 atom stereocenters. The highest BCUT2D eigenvalue weighted by molar-refractivity contribution is 5.95. The summed E-state index contributed by atoms with van der Waals surface area (Å²) in [6, 6.07) is 8.26. The third-order valence-electron chi connectivity index (χ3n) is 7.05. The Labute approximate surface area is 201 Å². The topological polar surface area (TPSA) is 100 Å². The third kappa shape index (κ3) is 6.01. The molecule has 4 heterocycles. The van der Waals surface area contributed by atoms with E-state index in [9.17, 15) is 18.0 Å². The third-order valence-corrected chi connectivity index (χ3v) is 7.05. The normalized spacial score (nSPS) is 23.5. The lowest BCUT2D eigenvalue weighted by molar-refractivity contribution is -0.192. The van der Waals surface area contributed by atoms with E-state index in [2.05, 4.69) is 37.1 Å². The number of piperidine rings is 1. The molecular formula is C24H30F3N5O3. The van der Waals surface area contributed by atoms with Crippen LogP contribution in [-0.4, -0.2) is 62.5 Å². The van der Waals surface area contributed by atoms with Crippen molar-refractivity contribution in [3.05, 3.63) is 41.5 Å². The maximum Gasteiger partial charge on any atom is 0.490 e. The lowest BCUT2D eigenvalue weighted by Crippen LogP contribution is -2.42. The minimum Gasteiger partial charge on any atom is -0.475 e. The minimum atomic E-state index is -5.08. The molecule has 0 saturated carbocycles. The van der Waals surface area contributed by atoms with Crippen molar-refractivity contribution in [1.82, 2.24) is 19.7 Å².